The maximum atomic E-state index is 11.1. The lowest BCUT2D eigenvalue weighted by atomic mass is 10.1. The fourth-order valence-electron chi connectivity index (χ4n) is 1.34. The van der Waals surface area contributed by atoms with Crippen molar-refractivity contribution in [2.45, 2.75) is 13.8 Å². The van der Waals surface area contributed by atoms with Gasteiger partial charge >= 0.3 is 5.97 Å². The van der Waals surface area contributed by atoms with Crippen LogP contribution in [0.5, 0.6) is 5.75 Å². The van der Waals surface area contributed by atoms with E-state index in [9.17, 15) is 9.59 Å². The van der Waals surface area contributed by atoms with Crippen LogP contribution in [0.1, 0.15) is 22.8 Å². The average molecular weight is 248 g/mol. The van der Waals surface area contributed by atoms with Crippen LogP contribution in [0.2, 0.25) is 0 Å². The van der Waals surface area contributed by atoms with E-state index in [1.54, 1.807) is 19.1 Å². The second-order valence-corrected chi connectivity index (χ2v) is 3.87. The first-order valence-electron chi connectivity index (χ1n) is 5.56. The molecule has 0 unspecified atom stereocenters. The summed E-state index contributed by atoms with van der Waals surface area (Å²) in [5.41, 5.74) is 1.71. The van der Waals surface area contributed by atoms with Crippen LogP contribution < -0.4 is 4.74 Å². The molecular weight excluding hydrogens is 232 g/mol. The molecule has 0 saturated carbocycles. The van der Waals surface area contributed by atoms with Crippen LogP contribution in [0, 0.1) is 6.92 Å². The van der Waals surface area contributed by atoms with Gasteiger partial charge in [-0.3, -0.25) is 4.79 Å². The molecule has 0 amide bonds. The monoisotopic (exact) mass is 248 g/mol. The van der Waals surface area contributed by atoms with Crippen LogP contribution in [0.3, 0.4) is 0 Å². The zero-order valence-electron chi connectivity index (χ0n) is 10.6. The topological polar surface area (TPSA) is 52.6 Å². The lowest BCUT2D eigenvalue weighted by molar-refractivity contribution is -0.139. The highest BCUT2D eigenvalue weighted by Crippen LogP contribution is 2.19. The number of rotatable bonds is 6. The second kappa shape index (κ2) is 6.59. The summed E-state index contributed by atoms with van der Waals surface area (Å²) in [5, 5.41) is 0. The molecule has 0 aliphatic heterocycles. The van der Waals surface area contributed by atoms with Gasteiger partial charge in [-0.15, -0.1) is 0 Å². The normalized spacial score (nSPS) is 9.67. The third kappa shape index (κ3) is 3.73. The largest absolute Gasteiger partial charge is 0.489 e. The molecule has 0 aliphatic carbocycles. The van der Waals surface area contributed by atoms with Crippen molar-refractivity contribution >= 4 is 12.3 Å². The van der Waals surface area contributed by atoms with Gasteiger partial charge in [-0.05, 0) is 25.5 Å². The molecule has 0 N–H and O–H groups in total. The Morgan fingerprint density at radius 3 is 2.72 bits per heavy atom. The number of esters is 1. The molecule has 96 valence electrons. The lowest BCUT2D eigenvalue weighted by Crippen LogP contribution is -2.13. The highest BCUT2D eigenvalue weighted by atomic mass is 16.6. The predicted octanol–water partition coefficient (Wildman–Crippen LogP) is 2.31. The predicted molar refractivity (Wildman–Crippen MR) is 67.8 cm³/mol. The van der Waals surface area contributed by atoms with Crippen molar-refractivity contribution in [2.75, 3.05) is 13.2 Å². The number of benzene rings is 1. The van der Waals surface area contributed by atoms with Crippen molar-refractivity contribution in [2.24, 2.45) is 0 Å². The lowest BCUT2D eigenvalue weighted by Gasteiger charge is -2.10. The number of aldehydes is 1. The number of hydrogen-bond donors (Lipinski definition) is 0. The summed E-state index contributed by atoms with van der Waals surface area (Å²) in [5.74, 6) is 0.0508. The number of ether oxygens (including phenoxy) is 2. The van der Waals surface area contributed by atoms with Crippen LogP contribution in [0.4, 0.5) is 0 Å². The van der Waals surface area contributed by atoms with Crippen LogP contribution in [0.25, 0.3) is 0 Å². The maximum absolute atomic E-state index is 11.1. The molecule has 0 radical (unpaired) electrons. The minimum absolute atomic E-state index is 0.123. The molecule has 1 rings (SSSR count). The van der Waals surface area contributed by atoms with Crippen molar-refractivity contribution in [1.29, 1.82) is 0 Å². The minimum Gasteiger partial charge on any atom is -0.489 e. The van der Waals surface area contributed by atoms with Gasteiger partial charge in [0.25, 0.3) is 0 Å². The Kier molecular flexibility index (Phi) is 5.11. The summed E-state index contributed by atoms with van der Waals surface area (Å²) in [6, 6.07) is 5.34. The summed E-state index contributed by atoms with van der Waals surface area (Å²) >= 11 is 0. The Bertz CT molecular complexity index is 463. The molecule has 0 fully saturated rings. The van der Waals surface area contributed by atoms with Crippen LogP contribution in [0.15, 0.2) is 30.4 Å². The molecule has 18 heavy (non-hydrogen) atoms. The Morgan fingerprint density at radius 1 is 1.39 bits per heavy atom. The summed E-state index contributed by atoms with van der Waals surface area (Å²) in [7, 11) is 0. The van der Waals surface area contributed by atoms with Crippen LogP contribution in [-0.2, 0) is 9.53 Å². The van der Waals surface area contributed by atoms with Crippen molar-refractivity contribution in [1.82, 2.24) is 0 Å². The average Bonchev–Trinajstić information content (AvgIpc) is 2.34. The summed E-state index contributed by atoms with van der Waals surface area (Å²) in [4.78, 5) is 22.0. The molecular formula is C14H16O4. The number of hydrogen-bond acceptors (Lipinski definition) is 4. The first kappa shape index (κ1) is 14.0. The molecule has 0 spiro atoms. The first-order chi connectivity index (χ1) is 8.56. The molecule has 0 aliphatic rings. The fraction of sp³-hybridized carbons (Fsp3) is 0.286. The first-order valence-corrected chi connectivity index (χ1v) is 5.56. The standard InChI is InChI=1S/C14H16O4/c1-10(2)14(16)18-8-7-17-13-6-4-5-11(3)12(13)9-15/h4-6,9H,1,7-8H2,2-3H3. The van der Waals surface area contributed by atoms with E-state index in [4.69, 9.17) is 9.47 Å². The van der Waals surface area contributed by atoms with Gasteiger partial charge < -0.3 is 9.47 Å². The Morgan fingerprint density at radius 2 is 2.11 bits per heavy atom. The zero-order valence-corrected chi connectivity index (χ0v) is 10.6. The van der Waals surface area contributed by atoms with Crippen molar-refractivity contribution in [3.8, 4) is 5.75 Å². The molecule has 0 saturated heterocycles. The van der Waals surface area contributed by atoms with Gasteiger partial charge in [0.05, 0.1) is 5.56 Å². The third-order valence-corrected chi connectivity index (χ3v) is 2.32. The van der Waals surface area contributed by atoms with E-state index in [0.717, 1.165) is 11.8 Å². The van der Waals surface area contributed by atoms with E-state index in [2.05, 4.69) is 6.58 Å². The number of carbonyl (C=O) groups excluding carboxylic acids is 2. The third-order valence-electron chi connectivity index (χ3n) is 2.32. The number of carbonyl (C=O) groups is 2. The van der Waals surface area contributed by atoms with Gasteiger partial charge in [0, 0.05) is 5.57 Å². The Labute approximate surface area is 106 Å². The summed E-state index contributed by atoms with van der Waals surface area (Å²) in [6.07, 6.45) is 0.755. The van der Waals surface area contributed by atoms with Crippen molar-refractivity contribution in [3.05, 3.63) is 41.5 Å². The van der Waals surface area contributed by atoms with E-state index >= 15 is 0 Å². The molecule has 0 bridgehead atoms. The van der Waals surface area contributed by atoms with Crippen molar-refractivity contribution < 1.29 is 19.1 Å². The maximum Gasteiger partial charge on any atom is 0.333 e. The van der Waals surface area contributed by atoms with Gasteiger partial charge in [0.1, 0.15) is 19.0 Å². The van der Waals surface area contributed by atoms with Gasteiger partial charge in [-0.2, -0.15) is 0 Å². The Hall–Kier alpha value is -2.10. The minimum atomic E-state index is -0.446. The fourth-order valence-corrected chi connectivity index (χ4v) is 1.34. The van der Waals surface area contributed by atoms with E-state index in [0.29, 0.717) is 16.9 Å². The van der Waals surface area contributed by atoms with Gasteiger partial charge in [-0.25, -0.2) is 4.79 Å². The highest BCUT2D eigenvalue weighted by molar-refractivity contribution is 5.86. The molecule has 0 heterocycles. The van der Waals surface area contributed by atoms with Crippen LogP contribution >= 0.6 is 0 Å². The molecule has 1 aromatic rings. The van der Waals surface area contributed by atoms with E-state index in [1.165, 1.54) is 0 Å². The molecule has 0 aromatic heterocycles. The molecule has 1 aromatic carbocycles. The van der Waals surface area contributed by atoms with Gasteiger partial charge in [0.15, 0.2) is 6.29 Å². The Balaban J connectivity index is 2.49. The second-order valence-electron chi connectivity index (χ2n) is 3.87. The van der Waals surface area contributed by atoms with E-state index < -0.39 is 5.97 Å². The number of aryl methyl sites for hydroxylation is 1. The summed E-state index contributed by atoms with van der Waals surface area (Å²) < 4.78 is 10.3. The SMILES string of the molecule is C=C(C)C(=O)OCCOc1cccc(C)c1C=O. The zero-order chi connectivity index (χ0) is 13.5. The van der Waals surface area contributed by atoms with E-state index in [-0.39, 0.29) is 13.2 Å². The van der Waals surface area contributed by atoms with Gasteiger partial charge in [-0.1, -0.05) is 18.7 Å². The van der Waals surface area contributed by atoms with Crippen LogP contribution in [-0.4, -0.2) is 25.5 Å². The smallest absolute Gasteiger partial charge is 0.333 e. The highest BCUT2D eigenvalue weighted by Gasteiger charge is 2.06. The molecule has 0 atom stereocenters. The molecule has 4 nitrogen and oxygen atoms in total. The van der Waals surface area contributed by atoms with Gasteiger partial charge in [0.2, 0.25) is 0 Å². The van der Waals surface area contributed by atoms with Crippen molar-refractivity contribution in [3.63, 3.8) is 0 Å². The van der Waals surface area contributed by atoms with E-state index in [1.807, 2.05) is 13.0 Å². The quantitative estimate of drug-likeness (QED) is 0.335. The summed E-state index contributed by atoms with van der Waals surface area (Å²) in [6.45, 7) is 7.20. The molecule has 4 heteroatoms.